The summed E-state index contributed by atoms with van der Waals surface area (Å²) < 4.78 is 5.37. The van der Waals surface area contributed by atoms with Gasteiger partial charge in [0.15, 0.2) is 5.69 Å². The van der Waals surface area contributed by atoms with E-state index >= 15 is 0 Å². The summed E-state index contributed by atoms with van der Waals surface area (Å²) in [6.07, 6.45) is 11.1. The van der Waals surface area contributed by atoms with Crippen LogP contribution >= 0.6 is 0 Å². The van der Waals surface area contributed by atoms with Gasteiger partial charge in [0.2, 0.25) is 11.7 Å². The Morgan fingerprint density at radius 1 is 1.21 bits per heavy atom. The zero-order valence-corrected chi connectivity index (χ0v) is 10.2. The van der Waals surface area contributed by atoms with Gasteiger partial charge in [0.25, 0.3) is 0 Å². The Balaban J connectivity index is 1.88. The Hall–Kier alpha value is -2.49. The van der Waals surface area contributed by atoms with Gasteiger partial charge in [-0.1, -0.05) is 24.3 Å². The van der Waals surface area contributed by atoms with Crippen LogP contribution in [-0.4, -0.2) is 15.8 Å². The molecule has 0 N–H and O–H groups in total. The van der Waals surface area contributed by atoms with Crippen molar-refractivity contribution in [2.45, 2.75) is 12.8 Å². The molecule has 1 aliphatic rings. The number of rotatable bonds is 3. The number of carbonyl (C=O) groups excluding carboxylic acids is 1. The molecule has 0 spiro atoms. The number of nitrogens with zero attached hydrogens (tertiary/aromatic N) is 2. The van der Waals surface area contributed by atoms with Crippen molar-refractivity contribution in [3.8, 4) is 0 Å². The summed E-state index contributed by atoms with van der Waals surface area (Å²) in [6.45, 7) is 0. The van der Waals surface area contributed by atoms with Crippen LogP contribution in [0.2, 0.25) is 0 Å². The highest BCUT2D eigenvalue weighted by molar-refractivity contribution is 6.06. The largest absolute Gasteiger partial charge is 0.444 e. The van der Waals surface area contributed by atoms with Gasteiger partial charge >= 0.3 is 0 Å². The molecule has 2 aromatic rings. The second-order valence-electron chi connectivity index (χ2n) is 4.22. The van der Waals surface area contributed by atoms with E-state index in [2.05, 4.69) is 22.1 Å². The molecule has 2 aromatic heterocycles. The maximum Gasteiger partial charge on any atom is 0.232 e. The first kappa shape index (κ1) is 11.6. The molecule has 1 aliphatic carbocycles. The minimum Gasteiger partial charge on any atom is -0.444 e. The number of carbonyl (C=O) groups is 1. The molecule has 0 aromatic carbocycles. The van der Waals surface area contributed by atoms with Crippen LogP contribution in [0.1, 0.15) is 34.9 Å². The van der Waals surface area contributed by atoms with Crippen LogP contribution in [0.5, 0.6) is 0 Å². The molecule has 0 amide bonds. The molecule has 0 saturated heterocycles. The first-order valence-electron chi connectivity index (χ1n) is 6.13. The number of allylic oxidation sites excluding steroid dienone is 4. The summed E-state index contributed by atoms with van der Waals surface area (Å²) in [4.78, 5) is 20.4. The fourth-order valence-electron chi connectivity index (χ4n) is 1.91. The third-order valence-corrected chi connectivity index (χ3v) is 2.88. The van der Waals surface area contributed by atoms with Crippen molar-refractivity contribution in [2.24, 2.45) is 0 Å². The van der Waals surface area contributed by atoms with Crippen LogP contribution in [0.15, 0.2) is 53.3 Å². The lowest BCUT2D eigenvalue weighted by molar-refractivity contribution is 0.103. The van der Waals surface area contributed by atoms with Gasteiger partial charge in [-0.15, -0.1) is 0 Å². The van der Waals surface area contributed by atoms with Crippen molar-refractivity contribution in [3.63, 3.8) is 0 Å². The topological polar surface area (TPSA) is 56.0 Å². The first-order chi connectivity index (χ1) is 9.34. The molecule has 0 radical (unpaired) electrons. The summed E-state index contributed by atoms with van der Waals surface area (Å²) in [5, 5.41) is 0. The van der Waals surface area contributed by atoms with Gasteiger partial charge in [-0.05, 0) is 25.0 Å². The van der Waals surface area contributed by atoms with Crippen LogP contribution in [0, 0.1) is 0 Å². The average molecular weight is 252 g/mol. The van der Waals surface area contributed by atoms with Gasteiger partial charge in [0.1, 0.15) is 12.0 Å². The van der Waals surface area contributed by atoms with E-state index < -0.39 is 0 Å². The van der Waals surface area contributed by atoms with Crippen LogP contribution < -0.4 is 0 Å². The molecule has 4 nitrogen and oxygen atoms in total. The molecule has 4 heteroatoms. The number of aromatic nitrogens is 2. The lowest BCUT2D eigenvalue weighted by Gasteiger charge is -2.01. The fraction of sp³-hybridized carbons (Fsp3) is 0.133. The minimum atomic E-state index is -0.226. The Kier molecular flexibility index (Phi) is 3.06. The molecular formula is C15H12N2O2. The maximum atomic E-state index is 12.1. The van der Waals surface area contributed by atoms with Crippen LogP contribution in [0.4, 0.5) is 0 Å². The number of hydrogen-bond acceptors (Lipinski definition) is 4. The van der Waals surface area contributed by atoms with Gasteiger partial charge in [0.05, 0.1) is 0 Å². The molecule has 3 rings (SSSR count). The first-order valence-corrected chi connectivity index (χ1v) is 6.13. The maximum absolute atomic E-state index is 12.1. The standard InChI is InChI=1S/C15H12N2O2/c18-14(12-8-4-5-9-16-12)13-10-19-15(17-13)11-6-2-1-3-7-11/h2,4-10H,1,3H2. The number of ketones is 1. The van der Waals surface area contributed by atoms with Crippen molar-refractivity contribution >= 4 is 11.4 Å². The minimum absolute atomic E-state index is 0.226. The van der Waals surface area contributed by atoms with Crippen molar-refractivity contribution in [3.05, 3.63) is 66.2 Å². The number of pyridine rings is 1. The third kappa shape index (κ3) is 2.38. The van der Waals surface area contributed by atoms with Crippen LogP contribution in [0.3, 0.4) is 0 Å². The van der Waals surface area contributed by atoms with Gasteiger partial charge < -0.3 is 4.42 Å². The van der Waals surface area contributed by atoms with Gasteiger partial charge in [-0.3, -0.25) is 9.78 Å². The van der Waals surface area contributed by atoms with Gasteiger partial charge in [0, 0.05) is 11.8 Å². The van der Waals surface area contributed by atoms with E-state index in [9.17, 15) is 4.79 Å². The zero-order valence-electron chi connectivity index (χ0n) is 10.2. The number of oxazole rings is 1. The molecule has 0 fully saturated rings. The van der Waals surface area contributed by atoms with E-state index in [4.69, 9.17) is 4.42 Å². The fourth-order valence-corrected chi connectivity index (χ4v) is 1.91. The molecule has 0 saturated carbocycles. The van der Waals surface area contributed by atoms with E-state index in [-0.39, 0.29) is 11.5 Å². The molecule has 2 heterocycles. The Morgan fingerprint density at radius 2 is 2.16 bits per heavy atom. The average Bonchev–Trinajstić information content (AvgIpc) is 2.98. The summed E-state index contributed by atoms with van der Waals surface area (Å²) in [5.41, 5.74) is 1.58. The van der Waals surface area contributed by atoms with E-state index in [0.717, 1.165) is 18.4 Å². The SMILES string of the molecule is O=C(c1ccccn1)c1coc(C2=CCCC=C2)n1. The predicted molar refractivity (Wildman–Crippen MR) is 70.5 cm³/mol. The summed E-state index contributed by atoms with van der Waals surface area (Å²) in [5.74, 6) is 0.256. The second kappa shape index (κ2) is 5.02. The van der Waals surface area contributed by atoms with Crippen LogP contribution in [0.25, 0.3) is 5.57 Å². The normalized spacial score (nSPS) is 14.2. The molecule has 19 heavy (non-hydrogen) atoms. The zero-order chi connectivity index (χ0) is 13.1. The third-order valence-electron chi connectivity index (χ3n) is 2.88. The summed E-state index contributed by atoms with van der Waals surface area (Å²) >= 11 is 0. The summed E-state index contributed by atoms with van der Waals surface area (Å²) in [7, 11) is 0. The lowest BCUT2D eigenvalue weighted by Crippen LogP contribution is -2.04. The van der Waals surface area contributed by atoms with Gasteiger partial charge in [-0.2, -0.15) is 0 Å². The monoisotopic (exact) mass is 252 g/mol. The molecule has 0 bridgehead atoms. The van der Waals surface area contributed by atoms with Crippen molar-refractivity contribution in [1.82, 2.24) is 9.97 Å². The van der Waals surface area contributed by atoms with E-state index in [1.54, 1.807) is 24.4 Å². The number of hydrogen-bond donors (Lipinski definition) is 0. The smallest absolute Gasteiger partial charge is 0.232 e. The van der Waals surface area contributed by atoms with Crippen molar-refractivity contribution in [2.75, 3.05) is 0 Å². The van der Waals surface area contributed by atoms with Crippen molar-refractivity contribution in [1.29, 1.82) is 0 Å². The van der Waals surface area contributed by atoms with E-state index in [1.165, 1.54) is 6.26 Å². The second-order valence-corrected chi connectivity index (χ2v) is 4.22. The highest BCUT2D eigenvalue weighted by Gasteiger charge is 2.16. The highest BCUT2D eigenvalue weighted by atomic mass is 16.3. The van der Waals surface area contributed by atoms with E-state index in [1.807, 2.05) is 6.08 Å². The molecule has 0 unspecified atom stereocenters. The molecular weight excluding hydrogens is 240 g/mol. The lowest BCUT2D eigenvalue weighted by atomic mass is 10.1. The Bertz CT molecular complexity index is 654. The molecule has 0 atom stereocenters. The van der Waals surface area contributed by atoms with Crippen molar-refractivity contribution < 1.29 is 9.21 Å². The summed E-state index contributed by atoms with van der Waals surface area (Å²) in [6, 6.07) is 5.20. The van der Waals surface area contributed by atoms with Crippen LogP contribution in [-0.2, 0) is 0 Å². The van der Waals surface area contributed by atoms with Gasteiger partial charge in [-0.25, -0.2) is 4.98 Å². The highest BCUT2D eigenvalue weighted by Crippen LogP contribution is 2.21. The predicted octanol–water partition coefficient (Wildman–Crippen LogP) is 3.03. The molecule has 0 aliphatic heterocycles. The molecule has 94 valence electrons. The quantitative estimate of drug-likeness (QED) is 0.788. The Morgan fingerprint density at radius 3 is 2.89 bits per heavy atom. The Labute approximate surface area is 110 Å². The van der Waals surface area contributed by atoms with E-state index in [0.29, 0.717) is 11.6 Å².